The molecule has 1 N–H and O–H groups in total. The number of halogens is 2. The summed E-state index contributed by atoms with van der Waals surface area (Å²) < 4.78 is 5.46. The van der Waals surface area contributed by atoms with Gasteiger partial charge in [0.15, 0.2) is 0 Å². The van der Waals surface area contributed by atoms with E-state index >= 15 is 0 Å². The zero-order chi connectivity index (χ0) is 13.8. The van der Waals surface area contributed by atoms with Crippen molar-refractivity contribution in [2.24, 2.45) is 0 Å². The van der Waals surface area contributed by atoms with Gasteiger partial charge in [-0.25, -0.2) is 0 Å². The highest BCUT2D eigenvalue weighted by atomic mass is 35.5. The average Bonchev–Trinajstić information content (AvgIpc) is 2.89. The monoisotopic (exact) mass is 297 g/mol. The summed E-state index contributed by atoms with van der Waals surface area (Å²) >= 11 is 12.1. The van der Waals surface area contributed by atoms with E-state index in [9.17, 15) is 0 Å². The van der Waals surface area contributed by atoms with Crippen LogP contribution in [0.2, 0.25) is 10.0 Å². The molecule has 0 aliphatic carbocycles. The Morgan fingerprint density at radius 2 is 2.05 bits per heavy atom. The molecular formula is C15H17Cl2NO. The van der Waals surface area contributed by atoms with Gasteiger partial charge in [-0.15, -0.1) is 0 Å². The lowest BCUT2D eigenvalue weighted by Gasteiger charge is -2.22. The third-order valence-corrected chi connectivity index (χ3v) is 3.74. The summed E-state index contributed by atoms with van der Waals surface area (Å²) in [6.45, 7) is 4.21. The Kier molecular flexibility index (Phi) is 4.92. The summed E-state index contributed by atoms with van der Waals surface area (Å²) in [5.74, 6) is 0.944. The third kappa shape index (κ3) is 3.53. The quantitative estimate of drug-likeness (QED) is 0.800. The number of furan rings is 1. The van der Waals surface area contributed by atoms with Crippen LogP contribution in [0.4, 0.5) is 0 Å². The molecule has 0 amide bonds. The molecule has 2 atom stereocenters. The van der Waals surface area contributed by atoms with Crippen LogP contribution in [-0.2, 0) is 0 Å². The molecule has 4 heteroatoms. The topological polar surface area (TPSA) is 25.2 Å². The van der Waals surface area contributed by atoms with Gasteiger partial charge >= 0.3 is 0 Å². The van der Waals surface area contributed by atoms with Crippen LogP contribution in [0.1, 0.15) is 43.7 Å². The first-order valence-electron chi connectivity index (χ1n) is 6.36. The number of nitrogens with one attached hydrogen (secondary N) is 1. The summed E-state index contributed by atoms with van der Waals surface area (Å²) in [4.78, 5) is 0. The molecule has 0 saturated heterocycles. The molecule has 0 saturated carbocycles. The summed E-state index contributed by atoms with van der Waals surface area (Å²) in [6.07, 6.45) is 2.64. The van der Waals surface area contributed by atoms with Gasteiger partial charge in [0, 0.05) is 16.1 Å². The molecule has 2 aromatic rings. The van der Waals surface area contributed by atoms with Gasteiger partial charge in [-0.05, 0) is 43.2 Å². The van der Waals surface area contributed by atoms with E-state index in [1.165, 1.54) is 0 Å². The number of hydrogen-bond donors (Lipinski definition) is 1. The second-order valence-electron chi connectivity index (χ2n) is 4.53. The van der Waals surface area contributed by atoms with Crippen molar-refractivity contribution < 1.29 is 4.42 Å². The smallest absolute Gasteiger partial charge is 0.120 e. The van der Waals surface area contributed by atoms with E-state index in [4.69, 9.17) is 27.6 Å². The van der Waals surface area contributed by atoms with Gasteiger partial charge in [0.2, 0.25) is 0 Å². The van der Waals surface area contributed by atoms with Crippen LogP contribution in [0.15, 0.2) is 41.0 Å². The Labute approximate surface area is 123 Å². The fourth-order valence-corrected chi connectivity index (χ4v) is 2.71. The van der Waals surface area contributed by atoms with Crippen molar-refractivity contribution in [3.63, 3.8) is 0 Å². The lowest BCUT2D eigenvalue weighted by atomic mass is 10.1. The van der Waals surface area contributed by atoms with E-state index in [2.05, 4.69) is 19.2 Å². The molecule has 0 bridgehead atoms. The second kappa shape index (κ2) is 6.47. The molecule has 0 aliphatic rings. The zero-order valence-electron chi connectivity index (χ0n) is 11.0. The van der Waals surface area contributed by atoms with Crippen LogP contribution in [0.5, 0.6) is 0 Å². The van der Waals surface area contributed by atoms with Gasteiger partial charge in [0.1, 0.15) is 5.76 Å². The van der Waals surface area contributed by atoms with E-state index in [0.717, 1.165) is 17.7 Å². The van der Waals surface area contributed by atoms with Crippen molar-refractivity contribution in [1.29, 1.82) is 0 Å². The molecule has 1 heterocycles. The van der Waals surface area contributed by atoms with Crippen molar-refractivity contribution in [3.05, 3.63) is 58.0 Å². The maximum Gasteiger partial charge on any atom is 0.120 e. The molecule has 0 radical (unpaired) electrons. The highest BCUT2D eigenvalue weighted by Crippen LogP contribution is 2.28. The standard InChI is InChI=1S/C15H17Cl2NO/c1-3-14(15-5-4-8-19-15)18-10(2)12-7-6-11(16)9-13(12)17/h4-10,14,18H,3H2,1-2H3. The minimum absolute atomic E-state index is 0.125. The Bertz CT molecular complexity index is 525. The summed E-state index contributed by atoms with van der Waals surface area (Å²) in [5, 5.41) is 4.86. The molecule has 1 aromatic heterocycles. The van der Waals surface area contributed by atoms with Gasteiger partial charge in [-0.1, -0.05) is 36.2 Å². The summed E-state index contributed by atoms with van der Waals surface area (Å²) in [5.41, 5.74) is 1.04. The maximum atomic E-state index is 6.23. The molecule has 19 heavy (non-hydrogen) atoms. The third-order valence-electron chi connectivity index (χ3n) is 3.18. The normalized spacial score (nSPS) is 14.3. The summed E-state index contributed by atoms with van der Waals surface area (Å²) in [6, 6.07) is 9.77. The van der Waals surface area contributed by atoms with Gasteiger partial charge in [-0.3, -0.25) is 0 Å². The van der Waals surface area contributed by atoms with Gasteiger partial charge in [0.25, 0.3) is 0 Å². The minimum Gasteiger partial charge on any atom is -0.468 e. The first kappa shape index (κ1) is 14.4. The average molecular weight is 298 g/mol. The lowest BCUT2D eigenvalue weighted by molar-refractivity contribution is 0.376. The van der Waals surface area contributed by atoms with E-state index in [-0.39, 0.29) is 12.1 Å². The lowest BCUT2D eigenvalue weighted by Crippen LogP contribution is -2.24. The largest absolute Gasteiger partial charge is 0.468 e. The van der Waals surface area contributed by atoms with Crippen LogP contribution in [-0.4, -0.2) is 0 Å². The highest BCUT2D eigenvalue weighted by molar-refractivity contribution is 6.35. The van der Waals surface area contributed by atoms with Crippen molar-refractivity contribution in [3.8, 4) is 0 Å². The van der Waals surface area contributed by atoms with Gasteiger partial charge < -0.3 is 9.73 Å². The zero-order valence-corrected chi connectivity index (χ0v) is 12.5. The van der Waals surface area contributed by atoms with Crippen LogP contribution < -0.4 is 5.32 Å². The molecule has 2 nitrogen and oxygen atoms in total. The summed E-state index contributed by atoms with van der Waals surface area (Å²) in [7, 11) is 0. The van der Waals surface area contributed by atoms with Gasteiger partial charge in [0.05, 0.1) is 12.3 Å². The molecule has 0 spiro atoms. The highest BCUT2D eigenvalue weighted by Gasteiger charge is 2.17. The van der Waals surface area contributed by atoms with E-state index in [1.807, 2.05) is 24.3 Å². The van der Waals surface area contributed by atoms with Gasteiger partial charge in [-0.2, -0.15) is 0 Å². The van der Waals surface area contributed by atoms with Crippen LogP contribution in [0, 0.1) is 0 Å². The molecule has 2 unspecified atom stereocenters. The number of benzene rings is 1. The minimum atomic E-state index is 0.125. The molecule has 0 fully saturated rings. The van der Waals surface area contributed by atoms with Crippen molar-refractivity contribution in [2.45, 2.75) is 32.4 Å². The second-order valence-corrected chi connectivity index (χ2v) is 5.37. The SMILES string of the molecule is CCC(NC(C)c1ccc(Cl)cc1Cl)c1ccco1. The Morgan fingerprint density at radius 3 is 2.63 bits per heavy atom. The maximum absolute atomic E-state index is 6.23. The molecular weight excluding hydrogens is 281 g/mol. The number of hydrogen-bond acceptors (Lipinski definition) is 2. The van der Waals surface area contributed by atoms with Crippen LogP contribution in [0.25, 0.3) is 0 Å². The van der Waals surface area contributed by atoms with Crippen LogP contribution >= 0.6 is 23.2 Å². The van der Waals surface area contributed by atoms with E-state index < -0.39 is 0 Å². The molecule has 102 valence electrons. The first-order chi connectivity index (χ1) is 9.11. The van der Waals surface area contributed by atoms with E-state index in [0.29, 0.717) is 10.0 Å². The molecule has 1 aromatic carbocycles. The predicted molar refractivity (Wildman–Crippen MR) is 79.8 cm³/mol. The Morgan fingerprint density at radius 1 is 1.26 bits per heavy atom. The van der Waals surface area contributed by atoms with Crippen LogP contribution in [0.3, 0.4) is 0 Å². The molecule has 0 aliphatic heterocycles. The van der Waals surface area contributed by atoms with Crippen molar-refractivity contribution >= 4 is 23.2 Å². The Hall–Kier alpha value is -0.960. The number of rotatable bonds is 5. The predicted octanol–water partition coefficient (Wildman–Crippen LogP) is 5.39. The first-order valence-corrected chi connectivity index (χ1v) is 7.11. The van der Waals surface area contributed by atoms with Crippen molar-refractivity contribution in [1.82, 2.24) is 5.32 Å². The van der Waals surface area contributed by atoms with Crippen molar-refractivity contribution in [2.75, 3.05) is 0 Å². The Balaban J connectivity index is 2.13. The fraction of sp³-hybridized carbons (Fsp3) is 0.333. The molecule has 2 rings (SSSR count). The fourth-order valence-electron chi connectivity index (χ4n) is 2.13. The van der Waals surface area contributed by atoms with E-state index in [1.54, 1.807) is 12.3 Å².